The molecule has 2 aliphatic rings. The lowest BCUT2D eigenvalue weighted by Gasteiger charge is -2.38. The van der Waals surface area contributed by atoms with Gasteiger partial charge < -0.3 is 14.1 Å². The third kappa shape index (κ3) is 2.17. The van der Waals surface area contributed by atoms with E-state index in [9.17, 15) is 4.79 Å². The highest BCUT2D eigenvalue weighted by molar-refractivity contribution is 5.77. The van der Waals surface area contributed by atoms with Crippen LogP contribution in [0.25, 0.3) is 0 Å². The number of carbonyl (C=O) groups excluding carboxylic acids is 1. The minimum Gasteiger partial charge on any atom is -0.464 e. The Bertz CT molecular complexity index is 446. The molecule has 2 fully saturated rings. The standard InChI is InChI=1S/C14H19NO3/c1-11-2-3-12(18-11)8-15-9-14(5-4-13(15)16)6-7-17-10-14/h2-3H,4-10H2,1H3/t14-/m0/s1. The zero-order valence-corrected chi connectivity index (χ0v) is 10.8. The average molecular weight is 249 g/mol. The fraction of sp³-hybridized carbons (Fsp3) is 0.643. The molecular formula is C14H19NO3. The minimum atomic E-state index is 0.204. The molecule has 1 amide bonds. The van der Waals surface area contributed by atoms with Gasteiger partial charge in [-0.3, -0.25) is 4.79 Å². The van der Waals surface area contributed by atoms with Crippen LogP contribution in [0.3, 0.4) is 0 Å². The summed E-state index contributed by atoms with van der Waals surface area (Å²) in [5.41, 5.74) is 0.204. The van der Waals surface area contributed by atoms with Crippen molar-refractivity contribution in [3.8, 4) is 0 Å². The van der Waals surface area contributed by atoms with Gasteiger partial charge in [0, 0.05) is 25.0 Å². The Morgan fingerprint density at radius 3 is 2.94 bits per heavy atom. The van der Waals surface area contributed by atoms with Crippen molar-refractivity contribution < 1.29 is 13.9 Å². The van der Waals surface area contributed by atoms with Gasteiger partial charge in [0.1, 0.15) is 11.5 Å². The third-order valence-electron chi connectivity index (χ3n) is 4.08. The van der Waals surface area contributed by atoms with Crippen LogP contribution in [0.15, 0.2) is 16.5 Å². The second-order valence-electron chi connectivity index (χ2n) is 5.56. The van der Waals surface area contributed by atoms with E-state index in [-0.39, 0.29) is 11.3 Å². The first-order valence-electron chi connectivity index (χ1n) is 6.58. The Morgan fingerprint density at radius 1 is 1.39 bits per heavy atom. The Kier molecular flexibility index (Phi) is 2.90. The monoisotopic (exact) mass is 249 g/mol. The molecule has 3 rings (SSSR count). The molecule has 0 radical (unpaired) electrons. The second kappa shape index (κ2) is 4.43. The summed E-state index contributed by atoms with van der Waals surface area (Å²) in [5, 5.41) is 0. The molecule has 0 saturated carbocycles. The van der Waals surface area contributed by atoms with Crippen molar-refractivity contribution in [1.82, 2.24) is 4.90 Å². The number of aryl methyl sites for hydroxylation is 1. The quantitative estimate of drug-likeness (QED) is 0.806. The molecule has 1 aromatic heterocycles. The molecule has 1 aromatic rings. The van der Waals surface area contributed by atoms with Gasteiger partial charge in [-0.25, -0.2) is 0 Å². The van der Waals surface area contributed by atoms with E-state index in [1.54, 1.807) is 0 Å². The Hall–Kier alpha value is -1.29. The van der Waals surface area contributed by atoms with Crippen LogP contribution in [0, 0.1) is 12.3 Å². The van der Waals surface area contributed by atoms with Crippen LogP contribution in [0.4, 0.5) is 0 Å². The normalized spacial score (nSPS) is 28.3. The first-order valence-corrected chi connectivity index (χ1v) is 6.58. The zero-order chi connectivity index (χ0) is 12.6. The van der Waals surface area contributed by atoms with Crippen LogP contribution >= 0.6 is 0 Å². The van der Waals surface area contributed by atoms with Gasteiger partial charge in [-0.1, -0.05) is 0 Å². The lowest BCUT2D eigenvalue weighted by Crippen LogP contribution is -2.46. The number of likely N-dealkylation sites (tertiary alicyclic amines) is 1. The number of hydrogen-bond donors (Lipinski definition) is 0. The van der Waals surface area contributed by atoms with E-state index in [0.717, 1.165) is 44.1 Å². The van der Waals surface area contributed by atoms with Gasteiger partial charge in [0.15, 0.2) is 0 Å². The Labute approximate surface area is 107 Å². The molecule has 2 saturated heterocycles. The van der Waals surface area contributed by atoms with Crippen molar-refractivity contribution >= 4 is 5.91 Å². The van der Waals surface area contributed by atoms with Crippen molar-refractivity contribution in [1.29, 1.82) is 0 Å². The minimum absolute atomic E-state index is 0.204. The van der Waals surface area contributed by atoms with Gasteiger partial charge in [0.25, 0.3) is 0 Å². The summed E-state index contributed by atoms with van der Waals surface area (Å²) in [6.45, 7) is 4.96. The summed E-state index contributed by atoms with van der Waals surface area (Å²) >= 11 is 0. The molecule has 1 atom stereocenters. The molecule has 18 heavy (non-hydrogen) atoms. The largest absolute Gasteiger partial charge is 0.464 e. The highest BCUT2D eigenvalue weighted by atomic mass is 16.5. The number of piperidine rings is 1. The van der Waals surface area contributed by atoms with Gasteiger partial charge in [0.05, 0.1) is 13.2 Å². The molecule has 4 heteroatoms. The maximum atomic E-state index is 12.0. The molecule has 0 unspecified atom stereocenters. The predicted molar refractivity (Wildman–Crippen MR) is 66.0 cm³/mol. The van der Waals surface area contributed by atoms with Crippen molar-refractivity contribution in [2.45, 2.75) is 32.7 Å². The second-order valence-corrected chi connectivity index (χ2v) is 5.56. The number of amides is 1. The van der Waals surface area contributed by atoms with Gasteiger partial charge in [-0.2, -0.15) is 0 Å². The van der Waals surface area contributed by atoms with Crippen LogP contribution < -0.4 is 0 Å². The number of ether oxygens (including phenoxy) is 1. The van der Waals surface area contributed by atoms with E-state index in [2.05, 4.69) is 0 Å². The Morgan fingerprint density at radius 2 is 2.28 bits per heavy atom. The van der Waals surface area contributed by atoms with E-state index < -0.39 is 0 Å². The summed E-state index contributed by atoms with van der Waals surface area (Å²) in [4.78, 5) is 13.9. The van der Waals surface area contributed by atoms with Crippen molar-refractivity contribution in [3.05, 3.63) is 23.7 Å². The molecule has 4 nitrogen and oxygen atoms in total. The zero-order valence-electron chi connectivity index (χ0n) is 10.8. The number of furan rings is 1. The smallest absolute Gasteiger partial charge is 0.223 e. The molecule has 0 N–H and O–H groups in total. The fourth-order valence-electron chi connectivity index (χ4n) is 2.98. The summed E-state index contributed by atoms with van der Waals surface area (Å²) < 4.78 is 11.1. The summed E-state index contributed by atoms with van der Waals surface area (Å²) in [6.07, 6.45) is 2.69. The van der Waals surface area contributed by atoms with Gasteiger partial charge in [-0.05, 0) is 31.9 Å². The Balaban J connectivity index is 1.71. The number of carbonyl (C=O) groups is 1. The molecular weight excluding hydrogens is 230 g/mol. The van der Waals surface area contributed by atoms with Crippen LogP contribution in [0.2, 0.25) is 0 Å². The number of hydrogen-bond acceptors (Lipinski definition) is 3. The first kappa shape index (κ1) is 11.8. The lowest BCUT2D eigenvalue weighted by atomic mass is 9.79. The van der Waals surface area contributed by atoms with E-state index >= 15 is 0 Å². The fourth-order valence-corrected chi connectivity index (χ4v) is 2.98. The van der Waals surface area contributed by atoms with Crippen LogP contribution in [0.5, 0.6) is 0 Å². The highest BCUT2D eigenvalue weighted by Crippen LogP contribution is 2.38. The van der Waals surface area contributed by atoms with E-state index in [4.69, 9.17) is 9.15 Å². The summed E-state index contributed by atoms with van der Waals surface area (Å²) in [6, 6.07) is 3.90. The number of nitrogens with zero attached hydrogens (tertiary/aromatic N) is 1. The molecule has 3 heterocycles. The maximum absolute atomic E-state index is 12.0. The topological polar surface area (TPSA) is 42.7 Å². The first-order chi connectivity index (χ1) is 8.67. The summed E-state index contributed by atoms with van der Waals surface area (Å²) in [7, 11) is 0. The van der Waals surface area contributed by atoms with Gasteiger partial charge >= 0.3 is 0 Å². The highest BCUT2D eigenvalue weighted by Gasteiger charge is 2.41. The molecule has 98 valence electrons. The average Bonchev–Trinajstić information content (AvgIpc) is 2.95. The summed E-state index contributed by atoms with van der Waals surface area (Å²) in [5.74, 6) is 2.01. The van der Waals surface area contributed by atoms with Crippen LogP contribution in [0.1, 0.15) is 30.8 Å². The van der Waals surface area contributed by atoms with E-state index in [1.807, 2.05) is 24.0 Å². The maximum Gasteiger partial charge on any atom is 0.223 e. The van der Waals surface area contributed by atoms with Crippen molar-refractivity contribution in [2.75, 3.05) is 19.8 Å². The third-order valence-corrected chi connectivity index (χ3v) is 4.08. The van der Waals surface area contributed by atoms with E-state index in [1.165, 1.54) is 0 Å². The van der Waals surface area contributed by atoms with Gasteiger partial charge in [-0.15, -0.1) is 0 Å². The molecule has 1 spiro atoms. The molecule has 2 aliphatic heterocycles. The molecule has 0 aliphatic carbocycles. The van der Waals surface area contributed by atoms with Crippen LogP contribution in [-0.2, 0) is 16.1 Å². The van der Waals surface area contributed by atoms with Gasteiger partial charge in [0.2, 0.25) is 5.91 Å². The molecule has 0 aromatic carbocycles. The van der Waals surface area contributed by atoms with Crippen LogP contribution in [-0.4, -0.2) is 30.6 Å². The van der Waals surface area contributed by atoms with Crippen molar-refractivity contribution in [2.24, 2.45) is 5.41 Å². The lowest BCUT2D eigenvalue weighted by molar-refractivity contribution is -0.138. The van der Waals surface area contributed by atoms with Crippen molar-refractivity contribution in [3.63, 3.8) is 0 Å². The SMILES string of the molecule is Cc1ccc(CN2C[C@@]3(CCOC3)CCC2=O)o1. The predicted octanol–water partition coefficient (Wildman–Crippen LogP) is 2.12. The molecule has 0 bridgehead atoms. The van der Waals surface area contributed by atoms with E-state index in [0.29, 0.717) is 13.0 Å². The number of rotatable bonds is 2.